The standard InChI is InChI=1S/C21H23N3O3S2/c25-17-12-22-20(16-6-3-11-28-16)19-14-4-1-2-5-15(14)29-21(19)24(17)13-18(26)23-7-9-27-10-8-23/h3,6,11H,1-2,4-5,7-10,12-13H2. The van der Waals surface area contributed by atoms with Crippen LogP contribution < -0.4 is 4.90 Å². The molecule has 2 aromatic rings. The van der Waals surface area contributed by atoms with Gasteiger partial charge in [-0.15, -0.1) is 22.7 Å². The van der Waals surface area contributed by atoms with Gasteiger partial charge in [0, 0.05) is 23.5 Å². The van der Waals surface area contributed by atoms with Crippen molar-refractivity contribution in [3.05, 3.63) is 38.4 Å². The van der Waals surface area contributed by atoms with Gasteiger partial charge in [0.05, 0.1) is 23.8 Å². The zero-order valence-electron chi connectivity index (χ0n) is 16.2. The molecule has 2 aliphatic heterocycles. The van der Waals surface area contributed by atoms with E-state index in [-0.39, 0.29) is 24.9 Å². The summed E-state index contributed by atoms with van der Waals surface area (Å²) in [6.45, 7) is 2.46. The lowest BCUT2D eigenvalue weighted by atomic mass is 9.93. The Hall–Kier alpha value is -2.03. The van der Waals surface area contributed by atoms with Crippen molar-refractivity contribution in [3.8, 4) is 0 Å². The SMILES string of the molecule is O=C(CN1C(=O)CN=C(c2cccs2)c2c1sc1c2CCCC1)N1CCOCC1. The summed E-state index contributed by atoms with van der Waals surface area (Å²) >= 11 is 3.34. The lowest BCUT2D eigenvalue weighted by molar-refractivity contribution is -0.134. The third kappa shape index (κ3) is 3.53. The number of amides is 2. The van der Waals surface area contributed by atoms with Crippen molar-refractivity contribution in [2.45, 2.75) is 25.7 Å². The van der Waals surface area contributed by atoms with Gasteiger partial charge in [-0.3, -0.25) is 19.5 Å². The van der Waals surface area contributed by atoms with E-state index in [0.29, 0.717) is 26.3 Å². The van der Waals surface area contributed by atoms with Crippen molar-refractivity contribution in [3.63, 3.8) is 0 Å². The molecule has 2 aromatic heterocycles. The van der Waals surface area contributed by atoms with Crippen LogP contribution in [-0.4, -0.2) is 61.8 Å². The van der Waals surface area contributed by atoms with Crippen LogP contribution in [0.5, 0.6) is 0 Å². The van der Waals surface area contributed by atoms with Crippen LogP contribution in [-0.2, 0) is 27.2 Å². The molecule has 5 rings (SSSR count). The van der Waals surface area contributed by atoms with Crippen LogP contribution >= 0.6 is 22.7 Å². The average molecular weight is 430 g/mol. The Balaban J connectivity index is 1.55. The van der Waals surface area contributed by atoms with Crippen molar-refractivity contribution >= 4 is 45.2 Å². The van der Waals surface area contributed by atoms with Gasteiger partial charge in [0.2, 0.25) is 11.8 Å². The molecule has 1 aliphatic carbocycles. The second kappa shape index (κ2) is 8.01. The first-order chi connectivity index (χ1) is 14.2. The molecule has 1 fully saturated rings. The van der Waals surface area contributed by atoms with Crippen molar-refractivity contribution < 1.29 is 14.3 Å². The second-order valence-corrected chi connectivity index (χ2v) is 9.54. The molecule has 0 unspecified atom stereocenters. The molecule has 1 saturated heterocycles. The minimum Gasteiger partial charge on any atom is -0.378 e. The number of thiophene rings is 2. The van der Waals surface area contributed by atoms with Crippen molar-refractivity contribution in [1.29, 1.82) is 0 Å². The molecule has 0 radical (unpaired) electrons. The van der Waals surface area contributed by atoms with Gasteiger partial charge >= 0.3 is 0 Å². The Morgan fingerprint density at radius 2 is 2.03 bits per heavy atom. The third-order valence-corrected chi connectivity index (χ3v) is 7.91. The zero-order valence-corrected chi connectivity index (χ0v) is 17.8. The molecule has 0 atom stereocenters. The monoisotopic (exact) mass is 429 g/mol. The van der Waals surface area contributed by atoms with Gasteiger partial charge in [-0.1, -0.05) is 6.07 Å². The first-order valence-corrected chi connectivity index (χ1v) is 11.8. The predicted octanol–water partition coefficient (Wildman–Crippen LogP) is 2.73. The number of aliphatic imine (C=N–C) groups is 1. The van der Waals surface area contributed by atoms with Gasteiger partial charge < -0.3 is 9.64 Å². The van der Waals surface area contributed by atoms with Crippen LogP contribution in [0.25, 0.3) is 0 Å². The number of fused-ring (bicyclic) bond motifs is 3. The number of carbonyl (C=O) groups excluding carboxylic acids is 2. The Bertz CT molecular complexity index is 958. The number of nitrogens with zero attached hydrogens (tertiary/aromatic N) is 3. The van der Waals surface area contributed by atoms with Gasteiger partial charge in [-0.25, -0.2) is 0 Å². The summed E-state index contributed by atoms with van der Waals surface area (Å²) in [6.07, 6.45) is 4.40. The Kier molecular flexibility index (Phi) is 5.24. The molecule has 29 heavy (non-hydrogen) atoms. The summed E-state index contributed by atoms with van der Waals surface area (Å²) < 4.78 is 5.36. The normalized spacial score (nSPS) is 19.4. The molecule has 0 aromatic carbocycles. The van der Waals surface area contributed by atoms with Crippen LogP contribution in [0.3, 0.4) is 0 Å². The van der Waals surface area contributed by atoms with Crippen LogP contribution in [0.1, 0.15) is 33.7 Å². The zero-order chi connectivity index (χ0) is 19.8. The van der Waals surface area contributed by atoms with Gasteiger partial charge in [0.25, 0.3) is 0 Å². The summed E-state index contributed by atoms with van der Waals surface area (Å²) in [6, 6.07) is 4.09. The molecule has 4 heterocycles. The number of morpholine rings is 1. The van der Waals surface area contributed by atoms with Gasteiger partial charge in [-0.2, -0.15) is 0 Å². The molecule has 2 amide bonds. The lowest BCUT2D eigenvalue weighted by Crippen LogP contribution is -2.47. The highest BCUT2D eigenvalue weighted by molar-refractivity contribution is 7.17. The van der Waals surface area contributed by atoms with E-state index >= 15 is 0 Å². The summed E-state index contributed by atoms with van der Waals surface area (Å²) in [4.78, 5) is 36.7. The maximum absolute atomic E-state index is 13.1. The molecule has 6 nitrogen and oxygen atoms in total. The summed E-state index contributed by atoms with van der Waals surface area (Å²) in [7, 11) is 0. The first kappa shape index (κ1) is 19.0. The van der Waals surface area contributed by atoms with Crippen LogP contribution in [0.2, 0.25) is 0 Å². The van der Waals surface area contributed by atoms with Crippen molar-refractivity contribution in [2.24, 2.45) is 4.99 Å². The van der Waals surface area contributed by atoms with E-state index in [1.54, 1.807) is 32.5 Å². The molecular weight excluding hydrogens is 406 g/mol. The average Bonchev–Trinajstić information content (AvgIpc) is 3.39. The highest BCUT2D eigenvalue weighted by Crippen LogP contribution is 2.43. The molecule has 0 spiro atoms. The van der Waals surface area contributed by atoms with E-state index in [2.05, 4.69) is 6.07 Å². The van der Waals surface area contributed by atoms with Gasteiger partial charge in [0.15, 0.2) is 0 Å². The third-order valence-electron chi connectivity index (χ3n) is 5.72. The quantitative estimate of drug-likeness (QED) is 0.754. The number of ether oxygens (including phenoxy) is 1. The molecular formula is C21H23N3O3S2. The van der Waals surface area contributed by atoms with Crippen molar-refractivity contribution in [2.75, 3.05) is 44.3 Å². The van der Waals surface area contributed by atoms with Crippen LogP contribution in [0.4, 0.5) is 5.00 Å². The summed E-state index contributed by atoms with van der Waals surface area (Å²) in [5.41, 5.74) is 3.35. The molecule has 3 aliphatic rings. The largest absolute Gasteiger partial charge is 0.378 e. The first-order valence-electron chi connectivity index (χ1n) is 10.1. The molecule has 0 N–H and O–H groups in total. The molecule has 152 valence electrons. The molecule has 8 heteroatoms. The Morgan fingerprint density at radius 3 is 2.83 bits per heavy atom. The lowest BCUT2D eigenvalue weighted by Gasteiger charge is -2.29. The molecule has 0 bridgehead atoms. The van der Waals surface area contributed by atoms with E-state index in [0.717, 1.165) is 40.4 Å². The Labute approximate surface area is 177 Å². The summed E-state index contributed by atoms with van der Waals surface area (Å²) in [5, 5.41) is 2.95. The number of hydrogen-bond acceptors (Lipinski definition) is 6. The topological polar surface area (TPSA) is 62.2 Å². The maximum atomic E-state index is 13.1. The van der Waals surface area contributed by atoms with E-state index in [9.17, 15) is 9.59 Å². The van der Waals surface area contributed by atoms with Crippen LogP contribution in [0.15, 0.2) is 22.5 Å². The predicted molar refractivity (Wildman–Crippen MR) is 116 cm³/mol. The fourth-order valence-corrected chi connectivity index (χ4v) is 6.38. The summed E-state index contributed by atoms with van der Waals surface area (Å²) in [5.74, 6) is -0.114. The number of anilines is 1. The Morgan fingerprint density at radius 1 is 1.21 bits per heavy atom. The van der Waals surface area contributed by atoms with Crippen molar-refractivity contribution in [1.82, 2.24) is 4.90 Å². The smallest absolute Gasteiger partial charge is 0.249 e. The minimum absolute atomic E-state index is 0.0152. The molecule has 0 saturated carbocycles. The van der Waals surface area contributed by atoms with Gasteiger partial charge in [-0.05, 0) is 42.7 Å². The van der Waals surface area contributed by atoms with E-state index in [1.165, 1.54) is 16.9 Å². The number of rotatable bonds is 3. The highest BCUT2D eigenvalue weighted by Gasteiger charge is 2.34. The maximum Gasteiger partial charge on any atom is 0.249 e. The number of hydrogen-bond donors (Lipinski definition) is 0. The second-order valence-electron chi connectivity index (χ2n) is 7.51. The van der Waals surface area contributed by atoms with E-state index in [1.807, 2.05) is 11.4 Å². The van der Waals surface area contributed by atoms with E-state index in [4.69, 9.17) is 9.73 Å². The van der Waals surface area contributed by atoms with Crippen LogP contribution in [0, 0.1) is 0 Å². The number of aryl methyl sites for hydroxylation is 1. The fourth-order valence-electron chi connectivity index (χ4n) is 4.23. The van der Waals surface area contributed by atoms with E-state index < -0.39 is 0 Å². The minimum atomic E-state index is -0.0991. The van der Waals surface area contributed by atoms with Gasteiger partial charge in [0.1, 0.15) is 18.1 Å². The fraction of sp³-hybridized carbons (Fsp3) is 0.476. The number of carbonyl (C=O) groups is 2. The highest BCUT2D eigenvalue weighted by atomic mass is 32.1.